The van der Waals surface area contributed by atoms with E-state index in [4.69, 9.17) is 5.11 Å². The molecule has 0 unspecified atom stereocenters. The molecule has 5 nitrogen and oxygen atoms in total. The molecular weight excluding hydrogens is 277 g/mol. The van der Waals surface area contributed by atoms with Gasteiger partial charge < -0.3 is 5.11 Å². The Bertz CT molecular complexity index is 700. The van der Waals surface area contributed by atoms with Crippen molar-refractivity contribution < 1.29 is 23.1 Å². The third kappa shape index (κ3) is 2.73. The summed E-state index contributed by atoms with van der Waals surface area (Å²) in [5, 5.41) is 11.1. The fourth-order valence-corrected chi connectivity index (χ4v) is 1.71. The highest BCUT2D eigenvalue weighted by atomic mass is 19.4. The predicted octanol–water partition coefficient (Wildman–Crippen LogP) is 1.81. The molecule has 0 bridgehead atoms. The second-order valence-electron chi connectivity index (χ2n) is 4.06. The molecule has 0 fully saturated rings. The minimum atomic E-state index is -4.52. The highest BCUT2D eigenvalue weighted by Crippen LogP contribution is 2.29. The van der Waals surface area contributed by atoms with Gasteiger partial charge in [-0.3, -0.25) is 14.7 Å². The van der Waals surface area contributed by atoms with Crippen molar-refractivity contribution in [1.29, 1.82) is 0 Å². The molecule has 0 saturated carbocycles. The SMILES string of the molecule is O=C(O)Cc1c[nH]n(-c2cccc(C(F)(F)F)c2)c1=O. The molecule has 0 amide bonds. The number of aliphatic carboxylic acids is 1. The number of benzene rings is 1. The van der Waals surface area contributed by atoms with Crippen molar-refractivity contribution in [3.8, 4) is 5.69 Å². The van der Waals surface area contributed by atoms with E-state index in [0.29, 0.717) is 0 Å². The number of nitrogens with one attached hydrogen (secondary N) is 1. The maximum absolute atomic E-state index is 12.6. The molecule has 2 rings (SSSR count). The molecule has 106 valence electrons. The maximum atomic E-state index is 12.6. The molecule has 1 aromatic carbocycles. The normalized spacial score (nSPS) is 11.6. The zero-order valence-electron chi connectivity index (χ0n) is 9.94. The number of hydrogen-bond acceptors (Lipinski definition) is 2. The third-order valence-electron chi connectivity index (χ3n) is 2.62. The van der Waals surface area contributed by atoms with E-state index in [2.05, 4.69) is 5.10 Å². The van der Waals surface area contributed by atoms with Gasteiger partial charge in [0.2, 0.25) is 0 Å². The van der Waals surface area contributed by atoms with E-state index in [0.717, 1.165) is 23.0 Å². The van der Waals surface area contributed by atoms with Crippen LogP contribution in [0, 0.1) is 0 Å². The third-order valence-corrected chi connectivity index (χ3v) is 2.62. The van der Waals surface area contributed by atoms with Crippen LogP contribution in [0.25, 0.3) is 5.69 Å². The lowest BCUT2D eigenvalue weighted by molar-refractivity contribution is -0.138. The lowest BCUT2D eigenvalue weighted by atomic mass is 10.2. The Kier molecular flexibility index (Phi) is 3.39. The lowest BCUT2D eigenvalue weighted by Crippen LogP contribution is -2.19. The van der Waals surface area contributed by atoms with Crippen LogP contribution in [0.15, 0.2) is 35.3 Å². The molecule has 20 heavy (non-hydrogen) atoms. The topological polar surface area (TPSA) is 75.1 Å². The number of carboxylic acid groups (broad SMARTS) is 1. The van der Waals surface area contributed by atoms with E-state index in [1.54, 1.807) is 0 Å². The van der Waals surface area contributed by atoms with Crippen LogP contribution in [0.3, 0.4) is 0 Å². The van der Waals surface area contributed by atoms with Gasteiger partial charge in [-0.05, 0) is 18.2 Å². The summed E-state index contributed by atoms with van der Waals surface area (Å²) >= 11 is 0. The summed E-state index contributed by atoms with van der Waals surface area (Å²) in [5.41, 5.74) is -1.63. The molecule has 2 aromatic rings. The van der Waals surface area contributed by atoms with Crippen LogP contribution in [0.2, 0.25) is 0 Å². The van der Waals surface area contributed by atoms with Gasteiger partial charge in [0.05, 0.1) is 17.7 Å². The highest BCUT2D eigenvalue weighted by molar-refractivity contribution is 5.69. The summed E-state index contributed by atoms with van der Waals surface area (Å²) in [6, 6.07) is 4.18. The molecular formula is C12H9F3N2O3. The zero-order chi connectivity index (χ0) is 14.9. The molecule has 0 aliphatic carbocycles. The van der Waals surface area contributed by atoms with Gasteiger partial charge in [0.15, 0.2) is 0 Å². The van der Waals surface area contributed by atoms with Gasteiger partial charge in [0.25, 0.3) is 5.56 Å². The fraction of sp³-hybridized carbons (Fsp3) is 0.167. The first kappa shape index (κ1) is 13.9. The van der Waals surface area contributed by atoms with E-state index in [9.17, 15) is 22.8 Å². The minimum Gasteiger partial charge on any atom is -0.481 e. The van der Waals surface area contributed by atoms with E-state index >= 15 is 0 Å². The summed E-state index contributed by atoms with van der Waals surface area (Å²) in [6.45, 7) is 0. The largest absolute Gasteiger partial charge is 0.481 e. The number of hydrogen-bond donors (Lipinski definition) is 2. The average Bonchev–Trinajstić information content (AvgIpc) is 2.69. The number of H-pyrrole nitrogens is 1. The summed E-state index contributed by atoms with van der Waals surface area (Å²) < 4.78 is 38.6. The first-order valence-corrected chi connectivity index (χ1v) is 5.48. The van der Waals surface area contributed by atoms with E-state index in [-0.39, 0.29) is 11.3 Å². The van der Waals surface area contributed by atoms with Crippen LogP contribution in [0.5, 0.6) is 0 Å². The van der Waals surface area contributed by atoms with Gasteiger partial charge in [-0.2, -0.15) is 13.2 Å². The van der Waals surface area contributed by atoms with Gasteiger partial charge in [-0.1, -0.05) is 6.07 Å². The van der Waals surface area contributed by atoms with Gasteiger partial charge in [-0.15, -0.1) is 0 Å². The van der Waals surface area contributed by atoms with Crippen molar-refractivity contribution in [2.45, 2.75) is 12.6 Å². The van der Waals surface area contributed by atoms with E-state index in [1.165, 1.54) is 12.1 Å². The quantitative estimate of drug-likeness (QED) is 0.903. The Morgan fingerprint density at radius 2 is 2.05 bits per heavy atom. The molecule has 2 N–H and O–H groups in total. The lowest BCUT2D eigenvalue weighted by Gasteiger charge is -2.08. The Hall–Kier alpha value is -2.51. The monoisotopic (exact) mass is 286 g/mol. The van der Waals surface area contributed by atoms with Crippen molar-refractivity contribution in [3.05, 3.63) is 51.9 Å². The first-order chi connectivity index (χ1) is 9.29. The van der Waals surface area contributed by atoms with Crippen LogP contribution in [-0.4, -0.2) is 20.9 Å². The molecule has 0 atom stereocenters. The molecule has 0 aliphatic rings. The van der Waals surface area contributed by atoms with Crippen LogP contribution >= 0.6 is 0 Å². The van der Waals surface area contributed by atoms with Crippen LogP contribution in [0.4, 0.5) is 13.2 Å². The van der Waals surface area contributed by atoms with Crippen LogP contribution < -0.4 is 5.56 Å². The number of alkyl halides is 3. The standard InChI is InChI=1S/C12H9F3N2O3/c13-12(14,15)8-2-1-3-9(5-8)17-11(20)7(6-16-17)4-10(18)19/h1-3,5-6,16H,4H2,(H,18,19). The summed E-state index contributed by atoms with van der Waals surface area (Å²) in [7, 11) is 0. The smallest absolute Gasteiger partial charge is 0.416 e. The molecule has 1 heterocycles. The van der Waals surface area contributed by atoms with E-state index in [1.807, 2.05) is 0 Å². The van der Waals surface area contributed by atoms with Crippen molar-refractivity contribution >= 4 is 5.97 Å². The molecule has 1 aromatic heterocycles. The maximum Gasteiger partial charge on any atom is 0.416 e. The van der Waals surface area contributed by atoms with Gasteiger partial charge in [0, 0.05) is 11.8 Å². The average molecular weight is 286 g/mol. The highest BCUT2D eigenvalue weighted by Gasteiger charge is 2.30. The Labute approximate surface area is 110 Å². The summed E-state index contributed by atoms with van der Waals surface area (Å²) in [4.78, 5) is 22.4. The number of rotatable bonds is 3. The number of carbonyl (C=O) groups is 1. The van der Waals surface area contributed by atoms with Crippen molar-refractivity contribution in [3.63, 3.8) is 0 Å². The second kappa shape index (κ2) is 4.87. The van der Waals surface area contributed by atoms with Gasteiger partial charge in [-0.25, -0.2) is 4.68 Å². The van der Waals surface area contributed by atoms with E-state index < -0.39 is 29.7 Å². The molecule has 0 spiro atoms. The first-order valence-electron chi connectivity index (χ1n) is 5.48. The fourth-order valence-electron chi connectivity index (χ4n) is 1.71. The Balaban J connectivity index is 2.45. The number of aromatic nitrogens is 2. The molecule has 0 saturated heterocycles. The number of halogens is 3. The Morgan fingerprint density at radius 3 is 2.65 bits per heavy atom. The number of nitrogens with zero attached hydrogens (tertiary/aromatic N) is 1. The van der Waals surface area contributed by atoms with Gasteiger partial charge >= 0.3 is 12.1 Å². The minimum absolute atomic E-state index is 0.0125. The van der Waals surface area contributed by atoms with Crippen molar-refractivity contribution in [2.75, 3.05) is 0 Å². The van der Waals surface area contributed by atoms with Crippen molar-refractivity contribution in [1.82, 2.24) is 9.78 Å². The van der Waals surface area contributed by atoms with Crippen LogP contribution in [0.1, 0.15) is 11.1 Å². The van der Waals surface area contributed by atoms with Crippen molar-refractivity contribution in [2.24, 2.45) is 0 Å². The summed E-state index contributed by atoms with van der Waals surface area (Å²) in [5.74, 6) is -1.20. The number of aromatic amines is 1. The van der Waals surface area contributed by atoms with Gasteiger partial charge in [0.1, 0.15) is 0 Å². The summed E-state index contributed by atoms with van der Waals surface area (Å²) in [6.07, 6.45) is -3.85. The molecule has 8 heteroatoms. The predicted molar refractivity (Wildman–Crippen MR) is 62.7 cm³/mol. The zero-order valence-corrected chi connectivity index (χ0v) is 9.94. The Morgan fingerprint density at radius 1 is 1.35 bits per heavy atom. The molecule has 0 aliphatic heterocycles. The number of carboxylic acids is 1. The second-order valence-corrected chi connectivity index (χ2v) is 4.06. The van der Waals surface area contributed by atoms with Crippen LogP contribution in [-0.2, 0) is 17.4 Å². The molecule has 0 radical (unpaired) electrons.